The van der Waals surface area contributed by atoms with E-state index in [-0.39, 0.29) is 5.91 Å². The number of nitrogens with one attached hydrogen (secondary N) is 2. The van der Waals surface area contributed by atoms with E-state index >= 15 is 0 Å². The van der Waals surface area contributed by atoms with Gasteiger partial charge in [-0.2, -0.15) is 0 Å². The van der Waals surface area contributed by atoms with Crippen LogP contribution in [0.25, 0.3) is 31.7 Å². The second-order valence-electron chi connectivity index (χ2n) is 8.94. The van der Waals surface area contributed by atoms with Gasteiger partial charge in [0.15, 0.2) is 5.82 Å². The molecule has 1 saturated heterocycles. The topological polar surface area (TPSA) is 78.8 Å². The maximum absolute atomic E-state index is 13.0. The lowest BCUT2D eigenvalue weighted by Crippen LogP contribution is -2.37. The molecule has 6 rings (SSSR count). The molecular formula is C26H26N6OS. The van der Waals surface area contributed by atoms with Crippen LogP contribution in [0, 0.1) is 6.92 Å². The summed E-state index contributed by atoms with van der Waals surface area (Å²) in [6, 6.07) is 12.6. The van der Waals surface area contributed by atoms with Crippen molar-refractivity contribution < 1.29 is 4.79 Å². The SMILES string of the molecule is Cc1cc2cc(Nc3ccnc4cc(-c5cnc(C(=O)N6CCCCC6)n5C)sc34)ccc2[nH]1. The standard InChI is InChI=1S/C26H26N6OS/c1-16-12-17-13-18(6-7-19(17)29-16)30-20-8-9-27-21-14-23(34-24(20)21)22-15-28-25(31(22)2)26(33)32-10-4-3-5-11-32/h6-9,12-15,29H,3-5,10-11H2,1-2H3,(H,27,30). The Morgan fingerprint density at radius 1 is 1.09 bits per heavy atom. The third kappa shape index (κ3) is 3.64. The normalized spacial score (nSPS) is 14.2. The number of likely N-dealkylation sites (tertiary alicyclic amines) is 1. The highest BCUT2D eigenvalue weighted by Crippen LogP contribution is 2.38. The molecule has 0 saturated carbocycles. The van der Waals surface area contributed by atoms with E-state index in [1.807, 2.05) is 28.8 Å². The van der Waals surface area contributed by atoms with Crippen LogP contribution >= 0.6 is 11.3 Å². The smallest absolute Gasteiger partial charge is 0.289 e. The van der Waals surface area contributed by atoms with Crippen molar-refractivity contribution in [3.63, 3.8) is 0 Å². The van der Waals surface area contributed by atoms with Gasteiger partial charge in [-0.15, -0.1) is 11.3 Å². The number of imidazole rings is 1. The van der Waals surface area contributed by atoms with Crippen molar-refractivity contribution in [3.8, 4) is 10.6 Å². The first-order valence-corrected chi connectivity index (χ1v) is 12.4. The maximum Gasteiger partial charge on any atom is 0.289 e. The van der Waals surface area contributed by atoms with E-state index in [1.54, 1.807) is 17.5 Å². The highest BCUT2D eigenvalue weighted by atomic mass is 32.1. The summed E-state index contributed by atoms with van der Waals surface area (Å²) in [7, 11) is 1.92. The Balaban J connectivity index is 1.32. The molecule has 4 aromatic heterocycles. The number of H-pyrrole nitrogens is 1. The summed E-state index contributed by atoms with van der Waals surface area (Å²) < 4.78 is 2.99. The van der Waals surface area contributed by atoms with Gasteiger partial charge in [-0.05, 0) is 62.6 Å². The highest BCUT2D eigenvalue weighted by molar-refractivity contribution is 7.22. The molecule has 0 spiro atoms. The van der Waals surface area contributed by atoms with Crippen LogP contribution in [0.15, 0.2) is 48.8 Å². The molecule has 5 heterocycles. The number of hydrogen-bond donors (Lipinski definition) is 2. The average molecular weight is 471 g/mol. The number of pyridine rings is 1. The van der Waals surface area contributed by atoms with Crippen LogP contribution in [0.3, 0.4) is 0 Å². The van der Waals surface area contributed by atoms with E-state index in [1.165, 1.54) is 11.8 Å². The van der Waals surface area contributed by atoms with Crippen molar-refractivity contribution in [1.82, 2.24) is 24.4 Å². The molecule has 1 amide bonds. The predicted octanol–water partition coefficient (Wildman–Crippen LogP) is 5.86. The number of thiophene rings is 1. The third-order valence-electron chi connectivity index (χ3n) is 6.52. The van der Waals surface area contributed by atoms with Gasteiger partial charge >= 0.3 is 0 Å². The quantitative estimate of drug-likeness (QED) is 0.345. The van der Waals surface area contributed by atoms with Crippen LogP contribution in [0.2, 0.25) is 0 Å². The lowest BCUT2D eigenvalue weighted by Gasteiger charge is -2.26. The Morgan fingerprint density at radius 2 is 1.94 bits per heavy atom. The molecule has 34 heavy (non-hydrogen) atoms. The molecule has 1 aliphatic heterocycles. The first-order valence-electron chi connectivity index (χ1n) is 11.6. The van der Waals surface area contributed by atoms with E-state index in [0.717, 1.165) is 69.3 Å². The Bertz CT molecular complexity index is 1520. The summed E-state index contributed by atoms with van der Waals surface area (Å²) in [5.41, 5.74) is 6.18. The molecule has 1 aliphatic rings. The summed E-state index contributed by atoms with van der Waals surface area (Å²) in [5, 5.41) is 4.75. The van der Waals surface area contributed by atoms with Gasteiger partial charge in [-0.3, -0.25) is 9.78 Å². The Morgan fingerprint density at radius 3 is 2.79 bits per heavy atom. The number of carbonyl (C=O) groups excluding carboxylic acids is 1. The molecule has 172 valence electrons. The summed E-state index contributed by atoms with van der Waals surface area (Å²) >= 11 is 1.66. The first kappa shape index (κ1) is 20.9. The Labute approximate surface area is 201 Å². The lowest BCUT2D eigenvalue weighted by atomic mass is 10.1. The van der Waals surface area contributed by atoms with Crippen molar-refractivity contribution in [2.75, 3.05) is 18.4 Å². The molecule has 0 aliphatic carbocycles. The minimum atomic E-state index is 0.0189. The minimum Gasteiger partial charge on any atom is -0.359 e. The number of aromatic amines is 1. The van der Waals surface area contributed by atoms with Gasteiger partial charge in [-0.25, -0.2) is 4.98 Å². The zero-order valence-corrected chi connectivity index (χ0v) is 20.1. The van der Waals surface area contributed by atoms with Crippen molar-refractivity contribution in [2.45, 2.75) is 26.2 Å². The van der Waals surface area contributed by atoms with E-state index in [2.05, 4.69) is 57.5 Å². The fourth-order valence-electron chi connectivity index (χ4n) is 4.75. The highest BCUT2D eigenvalue weighted by Gasteiger charge is 2.24. The number of aryl methyl sites for hydroxylation is 1. The number of piperidine rings is 1. The van der Waals surface area contributed by atoms with Gasteiger partial charge in [0, 0.05) is 48.6 Å². The zero-order valence-electron chi connectivity index (χ0n) is 19.3. The second-order valence-corrected chi connectivity index (χ2v) is 9.99. The second kappa shape index (κ2) is 8.29. The fourth-order valence-corrected chi connectivity index (χ4v) is 5.88. The van der Waals surface area contributed by atoms with Crippen LogP contribution in [0.1, 0.15) is 35.6 Å². The summed E-state index contributed by atoms with van der Waals surface area (Å²) in [5.74, 6) is 0.515. The van der Waals surface area contributed by atoms with Crippen LogP contribution in [0.4, 0.5) is 11.4 Å². The van der Waals surface area contributed by atoms with E-state index in [9.17, 15) is 4.79 Å². The molecule has 7 nitrogen and oxygen atoms in total. The Hall–Kier alpha value is -3.65. The largest absolute Gasteiger partial charge is 0.359 e. The first-order chi connectivity index (χ1) is 16.6. The zero-order chi connectivity index (χ0) is 23.2. The van der Waals surface area contributed by atoms with Crippen molar-refractivity contribution in [3.05, 3.63) is 60.3 Å². The molecule has 1 aromatic carbocycles. The predicted molar refractivity (Wildman–Crippen MR) is 138 cm³/mol. The molecule has 0 atom stereocenters. The fraction of sp³-hybridized carbons (Fsp3) is 0.269. The van der Waals surface area contributed by atoms with Gasteiger partial charge < -0.3 is 19.8 Å². The molecule has 8 heteroatoms. The number of amides is 1. The van der Waals surface area contributed by atoms with Crippen molar-refractivity contribution >= 4 is 49.7 Å². The van der Waals surface area contributed by atoms with Gasteiger partial charge in [0.1, 0.15) is 0 Å². The number of hydrogen-bond acceptors (Lipinski definition) is 5. The molecular weight excluding hydrogens is 444 g/mol. The number of nitrogens with zero attached hydrogens (tertiary/aromatic N) is 4. The van der Waals surface area contributed by atoms with E-state index in [4.69, 9.17) is 0 Å². The van der Waals surface area contributed by atoms with Gasteiger partial charge in [0.25, 0.3) is 5.91 Å². The summed E-state index contributed by atoms with van der Waals surface area (Å²) in [6.07, 6.45) is 6.96. The number of aromatic nitrogens is 4. The number of fused-ring (bicyclic) bond motifs is 2. The third-order valence-corrected chi connectivity index (χ3v) is 7.70. The van der Waals surface area contributed by atoms with Gasteiger partial charge in [-0.1, -0.05) is 0 Å². The van der Waals surface area contributed by atoms with E-state index in [0.29, 0.717) is 5.82 Å². The monoisotopic (exact) mass is 470 g/mol. The molecule has 5 aromatic rings. The molecule has 0 bridgehead atoms. The lowest BCUT2D eigenvalue weighted by molar-refractivity contribution is 0.0708. The Kier molecular flexibility index (Phi) is 5.10. The van der Waals surface area contributed by atoms with Crippen LogP contribution in [0.5, 0.6) is 0 Å². The summed E-state index contributed by atoms with van der Waals surface area (Å²) in [6.45, 7) is 3.70. The van der Waals surface area contributed by atoms with Crippen molar-refractivity contribution in [1.29, 1.82) is 0 Å². The minimum absolute atomic E-state index is 0.0189. The number of anilines is 2. The number of rotatable bonds is 4. The van der Waals surface area contributed by atoms with Gasteiger partial charge in [0.2, 0.25) is 0 Å². The molecule has 1 fully saturated rings. The molecule has 0 unspecified atom stereocenters. The molecule has 0 radical (unpaired) electrons. The molecule has 2 N–H and O–H groups in total. The van der Waals surface area contributed by atoms with Crippen LogP contribution in [-0.2, 0) is 7.05 Å². The average Bonchev–Trinajstić information content (AvgIpc) is 3.54. The van der Waals surface area contributed by atoms with Crippen LogP contribution in [-0.4, -0.2) is 43.4 Å². The van der Waals surface area contributed by atoms with Crippen LogP contribution < -0.4 is 5.32 Å². The number of carbonyl (C=O) groups is 1. The summed E-state index contributed by atoms with van der Waals surface area (Å²) in [4.78, 5) is 28.4. The number of benzene rings is 1. The van der Waals surface area contributed by atoms with E-state index < -0.39 is 0 Å². The van der Waals surface area contributed by atoms with Gasteiger partial charge in [0.05, 0.1) is 32.7 Å². The maximum atomic E-state index is 13.0. The van der Waals surface area contributed by atoms with Crippen molar-refractivity contribution in [2.24, 2.45) is 7.05 Å².